The third kappa shape index (κ3) is 3.16. The Morgan fingerprint density at radius 1 is 1.00 bits per heavy atom. The van der Waals surface area contributed by atoms with Crippen molar-refractivity contribution in [3.63, 3.8) is 0 Å². The summed E-state index contributed by atoms with van der Waals surface area (Å²) >= 11 is 11.9. The van der Waals surface area contributed by atoms with Crippen LogP contribution < -0.4 is 4.74 Å². The van der Waals surface area contributed by atoms with Gasteiger partial charge in [-0.1, -0.05) is 53.5 Å². The molecule has 94 valence electrons. The topological polar surface area (TPSA) is 29.5 Å². The van der Waals surface area contributed by atoms with Crippen LogP contribution in [0.2, 0.25) is 10.0 Å². The molecule has 0 aromatic heterocycles. The average Bonchev–Trinajstić information content (AvgIpc) is 2.40. The molecule has 2 aromatic rings. The fourth-order valence-corrected chi connectivity index (χ4v) is 1.99. The molecule has 1 N–H and O–H groups in total. The Morgan fingerprint density at radius 3 is 2.44 bits per heavy atom. The van der Waals surface area contributed by atoms with Gasteiger partial charge in [-0.15, -0.1) is 0 Å². The summed E-state index contributed by atoms with van der Waals surface area (Å²) in [4.78, 5) is 0. The minimum Gasteiger partial charge on any atom is -0.491 e. The molecule has 0 saturated heterocycles. The molecule has 2 aromatic carbocycles. The number of rotatable bonds is 4. The van der Waals surface area contributed by atoms with Crippen LogP contribution in [0.25, 0.3) is 0 Å². The molecule has 1 unspecified atom stereocenters. The molecule has 0 aliphatic heterocycles. The van der Waals surface area contributed by atoms with Crippen molar-refractivity contribution >= 4 is 23.2 Å². The van der Waals surface area contributed by atoms with Gasteiger partial charge in [-0.05, 0) is 18.2 Å². The standard InChI is InChI=1S/C14H12Cl2O2/c15-12-8-4-7-11(14(12)16)13(17)9-18-10-5-2-1-3-6-10/h1-8,13,17H,9H2. The van der Waals surface area contributed by atoms with E-state index in [1.807, 2.05) is 30.3 Å². The van der Waals surface area contributed by atoms with Crippen molar-refractivity contribution in [2.75, 3.05) is 6.61 Å². The van der Waals surface area contributed by atoms with Crippen molar-refractivity contribution in [1.82, 2.24) is 0 Å². The molecule has 0 spiro atoms. The first-order valence-electron chi connectivity index (χ1n) is 5.48. The molecule has 0 heterocycles. The van der Waals surface area contributed by atoms with Gasteiger partial charge in [-0.3, -0.25) is 0 Å². The van der Waals surface area contributed by atoms with Crippen LogP contribution >= 0.6 is 23.2 Å². The van der Waals surface area contributed by atoms with E-state index in [1.165, 1.54) is 0 Å². The van der Waals surface area contributed by atoms with E-state index >= 15 is 0 Å². The predicted octanol–water partition coefficient (Wildman–Crippen LogP) is 4.11. The highest BCUT2D eigenvalue weighted by Gasteiger charge is 2.14. The first-order chi connectivity index (χ1) is 8.68. The number of aliphatic hydroxyl groups is 1. The van der Waals surface area contributed by atoms with E-state index in [-0.39, 0.29) is 6.61 Å². The molecule has 0 aliphatic carbocycles. The molecular weight excluding hydrogens is 271 g/mol. The van der Waals surface area contributed by atoms with E-state index in [9.17, 15) is 5.11 Å². The first-order valence-corrected chi connectivity index (χ1v) is 6.24. The van der Waals surface area contributed by atoms with Crippen molar-refractivity contribution in [1.29, 1.82) is 0 Å². The van der Waals surface area contributed by atoms with Gasteiger partial charge in [0.15, 0.2) is 0 Å². The quantitative estimate of drug-likeness (QED) is 0.915. The Labute approximate surface area is 116 Å². The van der Waals surface area contributed by atoms with Crippen LogP contribution in [0.3, 0.4) is 0 Å². The Morgan fingerprint density at radius 2 is 1.72 bits per heavy atom. The SMILES string of the molecule is OC(COc1ccccc1)c1cccc(Cl)c1Cl. The van der Waals surface area contributed by atoms with Crippen LogP contribution in [0.1, 0.15) is 11.7 Å². The van der Waals surface area contributed by atoms with Crippen LogP contribution in [0.5, 0.6) is 5.75 Å². The van der Waals surface area contributed by atoms with Gasteiger partial charge in [0.25, 0.3) is 0 Å². The van der Waals surface area contributed by atoms with Crippen LogP contribution in [0, 0.1) is 0 Å². The Balaban J connectivity index is 2.04. The van der Waals surface area contributed by atoms with E-state index in [4.69, 9.17) is 27.9 Å². The zero-order chi connectivity index (χ0) is 13.0. The van der Waals surface area contributed by atoms with Crippen molar-refractivity contribution in [2.24, 2.45) is 0 Å². The van der Waals surface area contributed by atoms with Gasteiger partial charge < -0.3 is 9.84 Å². The highest BCUT2D eigenvalue weighted by Crippen LogP contribution is 2.30. The lowest BCUT2D eigenvalue weighted by atomic mass is 10.1. The summed E-state index contributed by atoms with van der Waals surface area (Å²) in [6.45, 7) is 0.129. The third-order valence-corrected chi connectivity index (χ3v) is 3.33. The molecule has 18 heavy (non-hydrogen) atoms. The van der Waals surface area contributed by atoms with Crippen molar-refractivity contribution < 1.29 is 9.84 Å². The van der Waals surface area contributed by atoms with Gasteiger partial charge in [0.1, 0.15) is 18.5 Å². The molecular formula is C14H12Cl2O2. The number of para-hydroxylation sites is 1. The van der Waals surface area contributed by atoms with Crippen LogP contribution in [-0.2, 0) is 0 Å². The summed E-state index contributed by atoms with van der Waals surface area (Å²) in [5.41, 5.74) is 0.570. The summed E-state index contributed by atoms with van der Waals surface area (Å²) in [6.07, 6.45) is -0.809. The molecule has 0 aliphatic rings. The number of hydrogen-bond acceptors (Lipinski definition) is 2. The number of ether oxygens (including phenoxy) is 1. The normalized spacial score (nSPS) is 12.2. The smallest absolute Gasteiger partial charge is 0.119 e. The second-order valence-electron chi connectivity index (χ2n) is 3.78. The minimum atomic E-state index is -0.809. The molecule has 0 amide bonds. The number of benzene rings is 2. The van der Waals surface area contributed by atoms with Gasteiger partial charge in [-0.2, -0.15) is 0 Å². The predicted molar refractivity (Wildman–Crippen MR) is 73.4 cm³/mol. The Hall–Kier alpha value is -1.22. The monoisotopic (exact) mass is 282 g/mol. The number of halogens is 2. The second kappa shape index (κ2) is 6.10. The van der Waals surface area contributed by atoms with Crippen molar-refractivity contribution in [2.45, 2.75) is 6.10 Å². The van der Waals surface area contributed by atoms with Crippen LogP contribution in [0.4, 0.5) is 0 Å². The van der Waals surface area contributed by atoms with E-state index in [0.717, 1.165) is 0 Å². The molecule has 2 rings (SSSR count). The Bertz CT molecular complexity index is 514. The molecule has 2 nitrogen and oxygen atoms in total. The molecule has 0 fully saturated rings. The fraction of sp³-hybridized carbons (Fsp3) is 0.143. The highest BCUT2D eigenvalue weighted by molar-refractivity contribution is 6.42. The largest absolute Gasteiger partial charge is 0.491 e. The minimum absolute atomic E-state index is 0.129. The zero-order valence-corrected chi connectivity index (χ0v) is 11.0. The summed E-state index contributed by atoms with van der Waals surface area (Å²) in [6, 6.07) is 14.4. The van der Waals surface area contributed by atoms with E-state index < -0.39 is 6.10 Å². The summed E-state index contributed by atoms with van der Waals surface area (Å²) in [5, 5.41) is 10.8. The Kier molecular flexibility index (Phi) is 4.48. The van der Waals surface area contributed by atoms with Crippen LogP contribution in [-0.4, -0.2) is 11.7 Å². The van der Waals surface area contributed by atoms with Gasteiger partial charge >= 0.3 is 0 Å². The van der Waals surface area contributed by atoms with Gasteiger partial charge in [0.05, 0.1) is 10.0 Å². The van der Waals surface area contributed by atoms with E-state index in [2.05, 4.69) is 0 Å². The third-order valence-electron chi connectivity index (χ3n) is 2.49. The lowest BCUT2D eigenvalue weighted by Gasteiger charge is -2.14. The molecule has 0 radical (unpaired) electrons. The van der Waals surface area contributed by atoms with Gasteiger partial charge in [0, 0.05) is 5.56 Å². The maximum Gasteiger partial charge on any atom is 0.119 e. The van der Waals surface area contributed by atoms with Gasteiger partial charge in [-0.25, -0.2) is 0 Å². The van der Waals surface area contributed by atoms with Crippen molar-refractivity contribution in [3.8, 4) is 5.75 Å². The van der Waals surface area contributed by atoms with Gasteiger partial charge in [0.2, 0.25) is 0 Å². The van der Waals surface area contributed by atoms with Crippen molar-refractivity contribution in [3.05, 3.63) is 64.1 Å². The highest BCUT2D eigenvalue weighted by atomic mass is 35.5. The number of aliphatic hydroxyl groups excluding tert-OH is 1. The molecule has 0 saturated carbocycles. The summed E-state index contributed by atoms with van der Waals surface area (Å²) in [5.74, 6) is 0.703. The zero-order valence-electron chi connectivity index (χ0n) is 9.51. The average molecular weight is 283 g/mol. The molecule has 0 bridgehead atoms. The fourth-order valence-electron chi connectivity index (χ4n) is 1.56. The molecule has 1 atom stereocenters. The summed E-state index contributed by atoms with van der Waals surface area (Å²) < 4.78 is 5.47. The second-order valence-corrected chi connectivity index (χ2v) is 4.57. The lowest BCUT2D eigenvalue weighted by molar-refractivity contribution is 0.108. The molecule has 4 heteroatoms. The number of hydrogen-bond donors (Lipinski definition) is 1. The maximum absolute atomic E-state index is 10.0. The van der Waals surface area contributed by atoms with E-state index in [0.29, 0.717) is 21.4 Å². The van der Waals surface area contributed by atoms with Crippen LogP contribution in [0.15, 0.2) is 48.5 Å². The van der Waals surface area contributed by atoms with E-state index in [1.54, 1.807) is 18.2 Å². The first kappa shape index (κ1) is 13.2. The lowest BCUT2D eigenvalue weighted by Crippen LogP contribution is -2.10. The summed E-state index contributed by atoms with van der Waals surface area (Å²) in [7, 11) is 0. The maximum atomic E-state index is 10.0.